The first kappa shape index (κ1) is 17.5. The fourth-order valence-electron chi connectivity index (χ4n) is 2.57. The molecule has 0 spiro atoms. The first-order chi connectivity index (χ1) is 12.4. The minimum Gasteiger partial charge on any atom is -0.481 e. The lowest BCUT2D eigenvalue weighted by atomic mass is 10.00. The molecule has 0 amide bonds. The zero-order valence-electron chi connectivity index (χ0n) is 14.1. The first-order valence-electron chi connectivity index (χ1n) is 7.99. The predicted octanol–water partition coefficient (Wildman–Crippen LogP) is 1.53. The van der Waals surface area contributed by atoms with Crippen molar-refractivity contribution in [3.63, 3.8) is 0 Å². The van der Waals surface area contributed by atoms with Crippen LogP contribution in [0.25, 0.3) is 17.0 Å². The Morgan fingerprint density at radius 1 is 1.46 bits per heavy atom. The molecule has 0 aliphatic carbocycles. The number of halogens is 1. The Balaban J connectivity index is 1.97. The van der Waals surface area contributed by atoms with Crippen LogP contribution in [0, 0.1) is 11.7 Å². The molecule has 26 heavy (non-hydrogen) atoms. The third kappa shape index (κ3) is 3.25. The molecule has 0 fully saturated rings. The number of aromatic nitrogens is 5. The highest BCUT2D eigenvalue weighted by atomic mass is 19.1. The van der Waals surface area contributed by atoms with Crippen molar-refractivity contribution in [3.05, 3.63) is 40.8 Å². The van der Waals surface area contributed by atoms with E-state index in [1.54, 1.807) is 26.0 Å². The van der Waals surface area contributed by atoms with Crippen LogP contribution in [0.1, 0.15) is 20.3 Å². The van der Waals surface area contributed by atoms with Crippen LogP contribution in [0.4, 0.5) is 10.2 Å². The molecule has 0 radical (unpaired) electrons. The summed E-state index contributed by atoms with van der Waals surface area (Å²) in [6.07, 6.45) is 2.98. The number of H-pyrrole nitrogens is 1. The summed E-state index contributed by atoms with van der Waals surface area (Å²) < 4.78 is 15.4. The van der Waals surface area contributed by atoms with Crippen molar-refractivity contribution in [2.45, 2.75) is 26.3 Å². The van der Waals surface area contributed by atoms with Gasteiger partial charge in [0.2, 0.25) is 0 Å². The lowest BCUT2D eigenvalue weighted by molar-refractivity contribution is -0.141. The van der Waals surface area contributed by atoms with Gasteiger partial charge in [0.15, 0.2) is 23.1 Å². The Morgan fingerprint density at radius 2 is 2.23 bits per heavy atom. The van der Waals surface area contributed by atoms with Crippen LogP contribution in [-0.2, 0) is 4.79 Å². The van der Waals surface area contributed by atoms with Gasteiger partial charge in [-0.1, -0.05) is 6.92 Å². The Bertz CT molecular complexity index is 1010. The first-order valence-corrected chi connectivity index (χ1v) is 7.99. The van der Waals surface area contributed by atoms with Crippen LogP contribution < -0.4 is 11.0 Å². The number of nitrogens with one attached hydrogen (secondary N) is 2. The van der Waals surface area contributed by atoms with Crippen LogP contribution in [0.3, 0.4) is 0 Å². The number of hydrogen-bond donors (Lipinski definition) is 3. The zero-order chi connectivity index (χ0) is 18.8. The number of aromatic amines is 1. The van der Waals surface area contributed by atoms with E-state index in [1.807, 2.05) is 0 Å². The Kier molecular flexibility index (Phi) is 4.65. The van der Waals surface area contributed by atoms with Crippen molar-refractivity contribution >= 4 is 17.4 Å². The molecule has 3 aromatic heterocycles. The van der Waals surface area contributed by atoms with Gasteiger partial charge < -0.3 is 10.4 Å². The quantitative estimate of drug-likeness (QED) is 0.608. The van der Waals surface area contributed by atoms with E-state index in [0.717, 1.165) is 6.20 Å². The number of aliphatic carboxylic acids is 1. The summed E-state index contributed by atoms with van der Waals surface area (Å²) in [6, 6.07) is 2.77. The van der Waals surface area contributed by atoms with Crippen molar-refractivity contribution in [1.82, 2.24) is 24.6 Å². The second-order valence-corrected chi connectivity index (χ2v) is 5.85. The SMILES string of the molecule is CCC(Nc1nc(-c2ccc3n[nH]c(=O)n3c2)ncc1F)C(C)C(=O)O. The van der Waals surface area contributed by atoms with Gasteiger partial charge in [-0.25, -0.2) is 28.7 Å². The second-order valence-electron chi connectivity index (χ2n) is 5.85. The predicted molar refractivity (Wildman–Crippen MR) is 91.3 cm³/mol. The van der Waals surface area contributed by atoms with E-state index in [9.17, 15) is 14.0 Å². The highest BCUT2D eigenvalue weighted by Gasteiger charge is 2.23. The van der Waals surface area contributed by atoms with E-state index in [-0.39, 0.29) is 11.6 Å². The summed E-state index contributed by atoms with van der Waals surface area (Å²) >= 11 is 0. The van der Waals surface area contributed by atoms with Gasteiger partial charge in [-0.2, -0.15) is 5.10 Å². The van der Waals surface area contributed by atoms with E-state index in [2.05, 4.69) is 25.5 Å². The maximum Gasteiger partial charge on any atom is 0.347 e. The summed E-state index contributed by atoms with van der Waals surface area (Å²) in [4.78, 5) is 31.0. The van der Waals surface area contributed by atoms with Crippen molar-refractivity contribution in [2.24, 2.45) is 5.92 Å². The molecule has 0 saturated heterocycles. The number of carboxylic acids is 1. The number of pyridine rings is 1. The van der Waals surface area contributed by atoms with Crippen LogP contribution in [-0.4, -0.2) is 41.7 Å². The average molecular weight is 360 g/mol. The molecular formula is C16H17FN6O3. The molecule has 0 aliphatic heterocycles. The molecule has 0 saturated carbocycles. The molecule has 0 aliphatic rings. The number of nitrogens with zero attached hydrogens (tertiary/aromatic N) is 4. The summed E-state index contributed by atoms with van der Waals surface area (Å²) in [6.45, 7) is 3.35. The Morgan fingerprint density at radius 3 is 2.92 bits per heavy atom. The van der Waals surface area contributed by atoms with Crippen LogP contribution in [0.2, 0.25) is 0 Å². The van der Waals surface area contributed by atoms with E-state index in [0.29, 0.717) is 17.6 Å². The van der Waals surface area contributed by atoms with Crippen molar-refractivity contribution < 1.29 is 14.3 Å². The summed E-state index contributed by atoms with van der Waals surface area (Å²) in [5, 5.41) is 18.1. The smallest absolute Gasteiger partial charge is 0.347 e. The Hall–Kier alpha value is -3.30. The van der Waals surface area contributed by atoms with Crippen LogP contribution in [0.5, 0.6) is 0 Å². The summed E-state index contributed by atoms with van der Waals surface area (Å²) in [7, 11) is 0. The molecule has 3 rings (SSSR count). The molecule has 9 nitrogen and oxygen atoms in total. The molecule has 2 atom stereocenters. The fraction of sp³-hybridized carbons (Fsp3) is 0.312. The zero-order valence-corrected chi connectivity index (χ0v) is 14.1. The molecule has 3 N–H and O–H groups in total. The number of hydrogen-bond acceptors (Lipinski definition) is 6. The average Bonchev–Trinajstić information content (AvgIpc) is 3.01. The Labute approximate surface area is 146 Å². The number of fused-ring (bicyclic) bond motifs is 1. The number of carbonyl (C=O) groups is 1. The van der Waals surface area contributed by atoms with Gasteiger partial charge >= 0.3 is 11.7 Å². The lowest BCUT2D eigenvalue weighted by Crippen LogP contribution is -2.32. The minimum absolute atomic E-state index is 0.0883. The van der Waals surface area contributed by atoms with Crippen molar-refractivity contribution in [2.75, 3.05) is 5.32 Å². The third-order valence-corrected chi connectivity index (χ3v) is 4.17. The highest BCUT2D eigenvalue weighted by molar-refractivity contribution is 5.71. The standard InChI is InChI=1S/C16H17FN6O3/c1-3-11(8(2)15(24)25)19-14-10(17)6-18-13(20-14)9-4-5-12-21-22-16(26)23(12)7-9/h4-8,11H,3H2,1-2H3,(H,22,26)(H,24,25)(H,18,19,20). The largest absolute Gasteiger partial charge is 0.481 e. The van der Waals surface area contributed by atoms with Gasteiger partial charge in [-0.3, -0.25) is 4.79 Å². The monoisotopic (exact) mass is 360 g/mol. The van der Waals surface area contributed by atoms with Gasteiger partial charge in [-0.15, -0.1) is 0 Å². The topological polar surface area (TPSA) is 125 Å². The van der Waals surface area contributed by atoms with Crippen molar-refractivity contribution in [3.8, 4) is 11.4 Å². The molecule has 10 heteroatoms. The molecule has 3 aromatic rings. The minimum atomic E-state index is -0.983. The molecule has 2 unspecified atom stereocenters. The molecular weight excluding hydrogens is 343 g/mol. The third-order valence-electron chi connectivity index (χ3n) is 4.17. The normalized spacial score (nSPS) is 13.5. The number of anilines is 1. The summed E-state index contributed by atoms with van der Waals surface area (Å²) in [5.74, 6) is -2.29. The number of rotatable bonds is 6. The van der Waals surface area contributed by atoms with Gasteiger partial charge in [0.1, 0.15) is 0 Å². The molecule has 136 valence electrons. The van der Waals surface area contributed by atoms with E-state index < -0.39 is 29.4 Å². The van der Waals surface area contributed by atoms with Gasteiger partial charge in [0.05, 0.1) is 12.1 Å². The van der Waals surface area contributed by atoms with E-state index >= 15 is 0 Å². The van der Waals surface area contributed by atoms with Gasteiger partial charge in [0.25, 0.3) is 0 Å². The molecule has 3 heterocycles. The second kappa shape index (κ2) is 6.90. The molecule has 0 bridgehead atoms. The van der Waals surface area contributed by atoms with E-state index in [1.165, 1.54) is 10.6 Å². The maximum atomic E-state index is 14.1. The maximum absolute atomic E-state index is 14.1. The highest BCUT2D eigenvalue weighted by Crippen LogP contribution is 2.21. The van der Waals surface area contributed by atoms with Crippen molar-refractivity contribution in [1.29, 1.82) is 0 Å². The van der Waals surface area contributed by atoms with Crippen LogP contribution in [0.15, 0.2) is 29.3 Å². The van der Waals surface area contributed by atoms with Gasteiger partial charge in [-0.05, 0) is 25.5 Å². The lowest BCUT2D eigenvalue weighted by Gasteiger charge is -2.21. The van der Waals surface area contributed by atoms with E-state index in [4.69, 9.17) is 5.11 Å². The number of carboxylic acid groups (broad SMARTS) is 1. The van der Waals surface area contributed by atoms with Crippen LogP contribution >= 0.6 is 0 Å². The molecule has 0 aromatic carbocycles. The fourth-order valence-corrected chi connectivity index (χ4v) is 2.57. The summed E-state index contributed by atoms with van der Waals surface area (Å²) in [5.41, 5.74) is 0.507. The van der Waals surface area contributed by atoms with Gasteiger partial charge in [0, 0.05) is 17.8 Å².